The van der Waals surface area contributed by atoms with Crippen LogP contribution < -0.4 is 10.4 Å². The lowest BCUT2D eigenvalue weighted by atomic mass is 10.2. The molecule has 0 bridgehead atoms. The SMILES string of the molecule is Cc1c(OC(F)F)cccc1-n1nn[nH]c1=O. The zero-order valence-corrected chi connectivity index (χ0v) is 8.72. The highest BCUT2D eigenvalue weighted by atomic mass is 19.3. The molecule has 0 aliphatic rings. The highest BCUT2D eigenvalue weighted by Gasteiger charge is 2.13. The van der Waals surface area contributed by atoms with Crippen molar-refractivity contribution in [1.29, 1.82) is 0 Å². The van der Waals surface area contributed by atoms with E-state index < -0.39 is 12.3 Å². The Morgan fingerprint density at radius 2 is 2.24 bits per heavy atom. The van der Waals surface area contributed by atoms with Crippen LogP contribution in [0.4, 0.5) is 8.78 Å². The largest absolute Gasteiger partial charge is 0.434 e. The van der Waals surface area contributed by atoms with Gasteiger partial charge in [-0.1, -0.05) is 6.07 Å². The number of hydrogen-bond acceptors (Lipinski definition) is 4. The smallest absolute Gasteiger partial charge is 0.387 e. The van der Waals surface area contributed by atoms with Gasteiger partial charge in [0, 0.05) is 5.56 Å². The maximum absolute atomic E-state index is 12.1. The Morgan fingerprint density at radius 3 is 2.82 bits per heavy atom. The molecule has 8 heteroatoms. The molecule has 0 saturated carbocycles. The summed E-state index contributed by atoms with van der Waals surface area (Å²) < 4.78 is 29.5. The number of nitrogens with zero attached hydrogens (tertiary/aromatic N) is 3. The van der Waals surface area contributed by atoms with E-state index in [4.69, 9.17) is 0 Å². The second-order valence-corrected chi connectivity index (χ2v) is 3.20. The first kappa shape index (κ1) is 11.2. The molecule has 1 aromatic carbocycles. The number of aromatic amines is 1. The van der Waals surface area contributed by atoms with Crippen LogP contribution in [-0.4, -0.2) is 26.8 Å². The zero-order valence-electron chi connectivity index (χ0n) is 8.72. The van der Waals surface area contributed by atoms with Gasteiger partial charge in [-0.2, -0.15) is 13.5 Å². The summed E-state index contributed by atoms with van der Waals surface area (Å²) in [6.45, 7) is -1.37. The third-order valence-corrected chi connectivity index (χ3v) is 2.17. The molecule has 0 aliphatic carbocycles. The third-order valence-electron chi connectivity index (χ3n) is 2.17. The van der Waals surface area contributed by atoms with E-state index in [1.54, 1.807) is 13.0 Å². The van der Waals surface area contributed by atoms with Crippen LogP contribution in [-0.2, 0) is 0 Å². The first-order valence-corrected chi connectivity index (χ1v) is 4.65. The summed E-state index contributed by atoms with van der Waals surface area (Å²) in [5.41, 5.74) is 0.160. The van der Waals surface area contributed by atoms with Gasteiger partial charge in [-0.15, -0.1) is 0 Å². The number of benzene rings is 1. The number of H-pyrrole nitrogens is 1. The molecule has 0 atom stereocenters. The van der Waals surface area contributed by atoms with E-state index in [1.165, 1.54) is 12.1 Å². The summed E-state index contributed by atoms with van der Waals surface area (Å²) >= 11 is 0. The van der Waals surface area contributed by atoms with E-state index in [1.807, 2.05) is 0 Å². The van der Waals surface area contributed by atoms with E-state index in [2.05, 4.69) is 20.3 Å². The van der Waals surface area contributed by atoms with Crippen molar-refractivity contribution in [3.8, 4) is 11.4 Å². The van der Waals surface area contributed by atoms with Gasteiger partial charge in [-0.05, 0) is 29.5 Å². The van der Waals surface area contributed by atoms with Crippen molar-refractivity contribution in [3.05, 3.63) is 34.2 Å². The van der Waals surface area contributed by atoms with Crippen molar-refractivity contribution in [2.24, 2.45) is 0 Å². The van der Waals surface area contributed by atoms with Crippen molar-refractivity contribution < 1.29 is 13.5 Å². The number of nitrogens with one attached hydrogen (secondary N) is 1. The fourth-order valence-electron chi connectivity index (χ4n) is 1.41. The van der Waals surface area contributed by atoms with E-state index in [0.717, 1.165) is 4.68 Å². The van der Waals surface area contributed by atoms with Gasteiger partial charge in [0.15, 0.2) is 0 Å². The Bertz CT molecular complexity index is 578. The summed E-state index contributed by atoms with van der Waals surface area (Å²) in [5, 5.41) is 8.95. The standard InChI is InChI=1S/C9H8F2N4O2/c1-5-6(15-9(16)12-13-14-15)3-2-4-7(5)17-8(10)11/h2-4,8H,1H3,(H,12,14,16). The van der Waals surface area contributed by atoms with Gasteiger partial charge in [0.1, 0.15) is 5.75 Å². The van der Waals surface area contributed by atoms with E-state index >= 15 is 0 Å². The van der Waals surface area contributed by atoms with Crippen LogP contribution >= 0.6 is 0 Å². The van der Waals surface area contributed by atoms with Crippen molar-refractivity contribution in [1.82, 2.24) is 20.2 Å². The lowest BCUT2D eigenvalue weighted by Gasteiger charge is -2.10. The van der Waals surface area contributed by atoms with Crippen LogP contribution in [0.15, 0.2) is 23.0 Å². The molecule has 0 radical (unpaired) electrons. The van der Waals surface area contributed by atoms with Crippen molar-refractivity contribution in [3.63, 3.8) is 0 Å². The Labute approximate surface area is 93.8 Å². The molecule has 1 aromatic heterocycles. The average Bonchev–Trinajstić information content (AvgIpc) is 2.67. The predicted octanol–water partition coefficient (Wildman–Crippen LogP) is 0.865. The van der Waals surface area contributed by atoms with Crippen molar-refractivity contribution in [2.75, 3.05) is 0 Å². The Balaban J connectivity index is 2.50. The Hall–Kier alpha value is -2.25. The lowest BCUT2D eigenvalue weighted by Crippen LogP contribution is -2.17. The van der Waals surface area contributed by atoms with Gasteiger partial charge >= 0.3 is 12.3 Å². The maximum atomic E-state index is 12.1. The quantitative estimate of drug-likeness (QED) is 0.866. The second-order valence-electron chi connectivity index (χ2n) is 3.20. The molecule has 0 fully saturated rings. The molecular formula is C9H8F2N4O2. The fraction of sp³-hybridized carbons (Fsp3) is 0.222. The second kappa shape index (κ2) is 4.32. The number of halogens is 2. The van der Waals surface area contributed by atoms with Gasteiger partial charge < -0.3 is 4.74 Å². The van der Waals surface area contributed by atoms with Crippen LogP contribution in [0.2, 0.25) is 0 Å². The van der Waals surface area contributed by atoms with E-state index in [9.17, 15) is 13.6 Å². The van der Waals surface area contributed by atoms with Crippen molar-refractivity contribution in [2.45, 2.75) is 13.5 Å². The minimum Gasteiger partial charge on any atom is -0.434 e. The normalized spacial score (nSPS) is 10.8. The van der Waals surface area contributed by atoms with Crippen molar-refractivity contribution >= 4 is 0 Å². The van der Waals surface area contributed by atoms with Crippen LogP contribution in [0.3, 0.4) is 0 Å². The predicted molar refractivity (Wildman–Crippen MR) is 53.3 cm³/mol. The van der Waals surface area contributed by atoms with Crippen LogP contribution in [0, 0.1) is 6.92 Å². The van der Waals surface area contributed by atoms with Crippen LogP contribution in [0.1, 0.15) is 5.56 Å². The Morgan fingerprint density at radius 1 is 1.47 bits per heavy atom. The summed E-state index contributed by atoms with van der Waals surface area (Å²) in [5.74, 6) is -0.00704. The minimum atomic E-state index is -2.92. The molecule has 0 saturated heterocycles. The van der Waals surface area contributed by atoms with Gasteiger partial charge in [0.05, 0.1) is 5.69 Å². The number of aromatic nitrogens is 4. The monoisotopic (exact) mass is 242 g/mol. The number of alkyl halides is 2. The first-order chi connectivity index (χ1) is 8.09. The summed E-state index contributed by atoms with van der Waals surface area (Å²) in [7, 11) is 0. The van der Waals surface area contributed by atoms with Gasteiger partial charge in [0.2, 0.25) is 0 Å². The van der Waals surface area contributed by atoms with E-state index in [-0.39, 0.29) is 5.75 Å². The minimum absolute atomic E-state index is 0.00704. The number of ether oxygens (including phenoxy) is 1. The van der Waals surface area contributed by atoms with Crippen LogP contribution in [0.5, 0.6) is 5.75 Å². The fourth-order valence-corrected chi connectivity index (χ4v) is 1.41. The summed E-state index contributed by atoms with van der Waals surface area (Å²) in [6.07, 6.45) is 0. The number of rotatable bonds is 3. The number of tetrazole rings is 1. The molecule has 2 rings (SSSR count). The molecular weight excluding hydrogens is 234 g/mol. The molecule has 1 N–H and O–H groups in total. The number of hydrogen-bond donors (Lipinski definition) is 1. The molecule has 1 heterocycles. The van der Waals surface area contributed by atoms with E-state index in [0.29, 0.717) is 11.3 Å². The highest BCUT2D eigenvalue weighted by Crippen LogP contribution is 2.24. The first-order valence-electron chi connectivity index (χ1n) is 4.65. The average molecular weight is 242 g/mol. The molecule has 0 aliphatic heterocycles. The molecule has 0 unspecified atom stereocenters. The summed E-state index contributed by atoms with van der Waals surface area (Å²) in [6, 6.07) is 4.43. The molecule has 0 spiro atoms. The molecule has 90 valence electrons. The topological polar surface area (TPSA) is 72.8 Å². The van der Waals surface area contributed by atoms with Crippen LogP contribution in [0.25, 0.3) is 5.69 Å². The zero-order chi connectivity index (χ0) is 12.4. The van der Waals surface area contributed by atoms with Gasteiger partial charge in [0.25, 0.3) is 0 Å². The molecule has 0 amide bonds. The lowest BCUT2D eigenvalue weighted by molar-refractivity contribution is -0.0502. The molecule has 6 nitrogen and oxygen atoms in total. The third kappa shape index (κ3) is 2.14. The van der Waals surface area contributed by atoms with Gasteiger partial charge in [-0.25, -0.2) is 9.89 Å². The van der Waals surface area contributed by atoms with Gasteiger partial charge in [-0.3, -0.25) is 0 Å². The summed E-state index contributed by atoms with van der Waals surface area (Å²) in [4.78, 5) is 11.3. The molecule has 2 aromatic rings. The highest BCUT2D eigenvalue weighted by molar-refractivity contribution is 5.47. The Kier molecular flexibility index (Phi) is 2.86. The molecule has 17 heavy (non-hydrogen) atoms. The maximum Gasteiger partial charge on any atom is 0.387 e.